The summed E-state index contributed by atoms with van der Waals surface area (Å²) in [4.78, 5) is 47.3. The van der Waals surface area contributed by atoms with Crippen LogP contribution in [0.4, 0.5) is 8.78 Å². The van der Waals surface area contributed by atoms with Crippen molar-refractivity contribution in [3.8, 4) is 5.75 Å². The summed E-state index contributed by atoms with van der Waals surface area (Å²) in [5.41, 5.74) is 1.82. The van der Waals surface area contributed by atoms with Gasteiger partial charge >= 0.3 is 6.61 Å². The van der Waals surface area contributed by atoms with E-state index in [2.05, 4.69) is 25.3 Å². The van der Waals surface area contributed by atoms with Gasteiger partial charge in [0.15, 0.2) is 0 Å². The van der Waals surface area contributed by atoms with Gasteiger partial charge in [-0.1, -0.05) is 12.1 Å². The number of halogens is 2. The normalized spacial score (nSPS) is 17.4. The number of carbonyl (C=O) groups is 3. The van der Waals surface area contributed by atoms with E-state index >= 15 is 0 Å². The van der Waals surface area contributed by atoms with Crippen molar-refractivity contribution in [3.63, 3.8) is 0 Å². The molecule has 0 bridgehead atoms. The number of allylic oxidation sites excluding steroid dienone is 3. The van der Waals surface area contributed by atoms with Gasteiger partial charge in [0.25, 0.3) is 5.91 Å². The molecule has 1 fully saturated rings. The molecule has 216 valence electrons. The van der Waals surface area contributed by atoms with Gasteiger partial charge in [-0.15, -0.1) is 0 Å². The monoisotopic (exact) mass is 567 g/mol. The Morgan fingerprint density at radius 2 is 2.02 bits per heavy atom. The number of ether oxygens (including phenoxy) is 2. The number of likely N-dealkylation sites (tertiary alicyclic amines) is 1. The molecule has 4 rings (SSSR count). The number of nitrogens with one attached hydrogen (secondary N) is 3. The number of benzene rings is 1. The lowest BCUT2D eigenvalue weighted by molar-refractivity contribution is -0.160. The quantitative estimate of drug-likeness (QED) is 0.240. The molecule has 41 heavy (non-hydrogen) atoms. The number of carbonyl (C=O) groups excluding carboxylic acids is 3. The van der Waals surface area contributed by atoms with E-state index in [-0.39, 0.29) is 25.1 Å². The zero-order valence-corrected chi connectivity index (χ0v) is 22.6. The fourth-order valence-corrected chi connectivity index (χ4v) is 4.54. The number of aromatic nitrogens is 2. The Kier molecular flexibility index (Phi) is 9.80. The van der Waals surface area contributed by atoms with Crippen LogP contribution >= 0.6 is 0 Å². The van der Waals surface area contributed by atoms with Crippen molar-refractivity contribution in [2.45, 2.75) is 45.6 Å². The fourth-order valence-electron chi connectivity index (χ4n) is 4.54. The van der Waals surface area contributed by atoms with Gasteiger partial charge < -0.3 is 30.0 Å². The minimum Gasteiger partial charge on any atom is -0.458 e. The largest absolute Gasteiger partial charge is 0.458 e. The third-order valence-corrected chi connectivity index (χ3v) is 6.46. The number of fused-ring (bicyclic) bond motifs is 1. The van der Waals surface area contributed by atoms with Gasteiger partial charge in [0, 0.05) is 47.5 Å². The van der Waals surface area contributed by atoms with Crippen molar-refractivity contribution in [1.29, 1.82) is 0 Å². The second-order valence-electron chi connectivity index (χ2n) is 9.30. The van der Waals surface area contributed by atoms with E-state index in [0.29, 0.717) is 17.2 Å². The third-order valence-electron chi connectivity index (χ3n) is 6.46. The number of H-pyrrole nitrogens is 1. The summed E-state index contributed by atoms with van der Waals surface area (Å²) in [6.07, 6.45) is 7.55. The van der Waals surface area contributed by atoms with Crippen LogP contribution in [-0.4, -0.2) is 64.4 Å². The first kappa shape index (κ1) is 29.4. The van der Waals surface area contributed by atoms with Crippen molar-refractivity contribution in [3.05, 3.63) is 84.0 Å². The van der Waals surface area contributed by atoms with Gasteiger partial charge in [-0.2, -0.15) is 8.78 Å². The molecule has 0 aliphatic carbocycles. The number of pyridine rings is 1. The third kappa shape index (κ3) is 7.76. The maximum absolute atomic E-state index is 13.1. The predicted octanol–water partition coefficient (Wildman–Crippen LogP) is 3.68. The Balaban J connectivity index is 1.38. The standard InChI is InChI=1S/C29H31F2N5O5/c1-3-6-21(4-2)40-22-8-5-7-18(12-22)27(38)34-16-26(37)36-17-23(41-29(30)31)13-25(36)28(39)33-15-20-11-19-14-32-10-9-24(19)35-20/h3-12,14,23,25,29,35H,13,15-17H2,1-2H3,(H,33,39)(H,34,38)/b6-3-,21-4+/t23-,25+/m1/s1. The van der Waals surface area contributed by atoms with E-state index in [1.54, 1.807) is 48.8 Å². The molecule has 10 nitrogen and oxygen atoms in total. The topological polar surface area (TPSA) is 126 Å². The number of aromatic amines is 1. The van der Waals surface area contributed by atoms with Gasteiger partial charge in [-0.05, 0) is 56.3 Å². The predicted molar refractivity (Wildman–Crippen MR) is 147 cm³/mol. The van der Waals surface area contributed by atoms with Crippen LogP contribution in [0.1, 0.15) is 36.3 Å². The molecule has 2 aromatic heterocycles. The first-order valence-corrected chi connectivity index (χ1v) is 13.0. The Morgan fingerprint density at radius 3 is 2.76 bits per heavy atom. The number of amides is 3. The van der Waals surface area contributed by atoms with Crippen molar-refractivity contribution in [2.75, 3.05) is 13.1 Å². The zero-order valence-electron chi connectivity index (χ0n) is 22.6. The van der Waals surface area contributed by atoms with Crippen LogP contribution < -0.4 is 15.4 Å². The molecule has 0 spiro atoms. The smallest absolute Gasteiger partial charge is 0.345 e. The molecule has 0 radical (unpaired) electrons. The summed E-state index contributed by atoms with van der Waals surface area (Å²) < 4.78 is 36.2. The van der Waals surface area contributed by atoms with Crippen LogP contribution in [0.15, 0.2) is 72.8 Å². The van der Waals surface area contributed by atoms with Crippen LogP contribution in [0.5, 0.6) is 5.75 Å². The second-order valence-corrected chi connectivity index (χ2v) is 9.30. The Labute approximate surface area is 235 Å². The first-order chi connectivity index (χ1) is 19.8. The number of hydrogen-bond acceptors (Lipinski definition) is 6. The minimum atomic E-state index is -3.05. The zero-order chi connectivity index (χ0) is 29.4. The van der Waals surface area contributed by atoms with Crippen LogP contribution in [0.2, 0.25) is 0 Å². The van der Waals surface area contributed by atoms with Gasteiger partial charge in [-0.25, -0.2) is 0 Å². The number of nitrogens with zero attached hydrogens (tertiary/aromatic N) is 2. The minimum absolute atomic E-state index is 0.106. The Hall–Kier alpha value is -4.58. The Bertz CT molecular complexity index is 1420. The lowest BCUT2D eigenvalue weighted by Gasteiger charge is -2.24. The highest BCUT2D eigenvalue weighted by molar-refractivity contribution is 5.97. The molecule has 1 aliphatic heterocycles. The SMILES string of the molecule is C/C=C\C(=C/C)Oc1cccc(C(=O)NCC(=O)N2C[C@H](OC(F)F)C[C@H]2C(=O)NCc2cc3cnccc3[nH]2)c1. The van der Waals surface area contributed by atoms with Crippen molar-refractivity contribution in [2.24, 2.45) is 0 Å². The summed E-state index contributed by atoms with van der Waals surface area (Å²) in [6.45, 7) is 0.0953. The van der Waals surface area contributed by atoms with Crippen LogP contribution in [0.3, 0.4) is 0 Å². The molecule has 12 heteroatoms. The number of rotatable bonds is 11. The molecule has 3 heterocycles. The molecule has 1 saturated heterocycles. The lowest BCUT2D eigenvalue weighted by atomic mass is 10.1. The van der Waals surface area contributed by atoms with Crippen LogP contribution in [0.25, 0.3) is 10.9 Å². The molecular weight excluding hydrogens is 536 g/mol. The van der Waals surface area contributed by atoms with E-state index in [9.17, 15) is 23.2 Å². The summed E-state index contributed by atoms with van der Waals surface area (Å²) >= 11 is 0. The highest BCUT2D eigenvalue weighted by atomic mass is 19.3. The van der Waals surface area contributed by atoms with E-state index in [1.807, 2.05) is 26.0 Å². The molecule has 0 saturated carbocycles. The number of alkyl halides is 2. The van der Waals surface area contributed by atoms with E-state index in [1.165, 1.54) is 6.07 Å². The lowest BCUT2D eigenvalue weighted by Crippen LogP contribution is -2.49. The molecule has 3 N–H and O–H groups in total. The van der Waals surface area contributed by atoms with Crippen molar-refractivity contribution in [1.82, 2.24) is 25.5 Å². The van der Waals surface area contributed by atoms with Gasteiger partial charge in [0.1, 0.15) is 17.6 Å². The van der Waals surface area contributed by atoms with Gasteiger partial charge in [-0.3, -0.25) is 19.4 Å². The van der Waals surface area contributed by atoms with Crippen molar-refractivity contribution < 1.29 is 32.6 Å². The molecule has 2 atom stereocenters. The van der Waals surface area contributed by atoms with Crippen LogP contribution in [-0.2, 0) is 20.9 Å². The summed E-state index contributed by atoms with van der Waals surface area (Å²) in [6, 6.07) is 9.02. The second kappa shape index (κ2) is 13.7. The highest BCUT2D eigenvalue weighted by Crippen LogP contribution is 2.23. The summed E-state index contributed by atoms with van der Waals surface area (Å²) in [5.74, 6) is -0.629. The molecular formula is C29H31F2N5O5. The maximum Gasteiger partial charge on any atom is 0.345 e. The van der Waals surface area contributed by atoms with Crippen molar-refractivity contribution >= 4 is 28.6 Å². The molecule has 1 aliphatic rings. The fraction of sp³-hybridized carbons (Fsp3) is 0.310. The van der Waals surface area contributed by atoms with E-state index < -0.39 is 43.0 Å². The average molecular weight is 568 g/mol. The molecule has 3 aromatic rings. The summed E-state index contributed by atoms with van der Waals surface area (Å²) in [7, 11) is 0. The molecule has 3 amide bonds. The maximum atomic E-state index is 13.1. The van der Waals surface area contributed by atoms with Crippen LogP contribution in [0, 0.1) is 0 Å². The molecule has 0 unspecified atom stereocenters. The van der Waals surface area contributed by atoms with Gasteiger partial charge in [0.2, 0.25) is 11.8 Å². The highest BCUT2D eigenvalue weighted by Gasteiger charge is 2.41. The van der Waals surface area contributed by atoms with Gasteiger partial charge in [0.05, 0.1) is 19.2 Å². The van der Waals surface area contributed by atoms with E-state index in [4.69, 9.17) is 4.74 Å². The average Bonchev–Trinajstić information content (AvgIpc) is 3.58. The summed E-state index contributed by atoms with van der Waals surface area (Å²) in [5, 5.41) is 6.15. The van der Waals surface area contributed by atoms with E-state index in [0.717, 1.165) is 15.8 Å². The first-order valence-electron chi connectivity index (χ1n) is 13.0. The number of hydrogen-bond donors (Lipinski definition) is 3. The molecule has 1 aromatic carbocycles. The Morgan fingerprint density at radius 1 is 1.20 bits per heavy atom.